The molecule has 26 heavy (non-hydrogen) atoms. The van der Waals surface area contributed by atoms with Crippen LogP contribution in [0.4, 0.5) is 4.39 Å². The van der Waals surface area contributed by atoms with Crippen molar-refractivity contribution in [2.75, 3.05) is 12.9 Å². The fraction of sp³-hybridized carbons (Fsp3) is 0.125. The molecule has 2 rings (SSSR count). The van der Waals surface area contributed by atoms with Gasteiger partial charge < -0.3 is 4.74 Å². The highest BCUT2D eigenvalue weighted by Crippen LogP contribution is 2.22. The minimum atomic E-state index is -3.61. The Bertz CT molecular complexity index is 932. The second-order valence-electron chi connectivity index (χ2n) is 5.16. The van der Waals surface area contributed by atoms with Crippen LogP contribution in [-0.4, -0.2) is 33.1 Å². The molecular formula is C16H14ClFN2O5S. The van der Waals surface area contributed by atoms with E-state index in [1.54, 1.807) is 0 Å². The number of sulfone groups is 1. The summed E-state index contributed by atoms with van der Waals surface area (Å²) in [6.07, 6.45) is 0.963. The Balaban J connectivity index is 1.92. The quantitative estimate of drug-likeness (QED) is 0.744. The first-order chi connectivity index (χ1) is 12.2. The van der Waals surface area contributed by atoms with E-state index in [4.69, 9.17) is 16.3 Å². The molecule has 2 N–H and O–H groups in total. The Morgan fingerprint density at radius 2 is 1.77 bits per heavy atom. The maximum absolute atomic E-state index is 12.8. The summed E-state index contributed by atoms with van der Waals surface area (Å²) >= 11 is 5.80. The summed E-state index contributed by atoms with van der Waals surface area (Å²) in [5, 5.41) is -0.0132. The Hall–Kier alpha value is -2.65. The zero-order valence-electron chi connectivity index (χ0n) is 13.5. The third-order valence-electron chi connectivity index (χ3n) is 3.09. The lowest BCUT2D eigenvalue weighted by atomic mass is 10.2. The number of benzene rings is 2. The topological polar surface area (TPSA) is 102 Å². The van der Waals surface area contributed by atoms with Crippen LogP contribution in [0.25, 0.3) is 0 Å². The van der Waals surface area contributed by atoms with Crippen LogP contribution in [0, 0.1) is 5.82 Å². The average Bonchev–Trinajstić information content (AvgIpc) is 2.58. The molecule has 138 valence electrons. The molecule has 0 heterocycles. The monoisotopic (exact) mass is 400 g/mol. The highest BCUT2D eigenvalue weighted by Gasteiger charge is 2.16. The van der Waals surface area contributed by atoms with Crippen LogP contribution in [0.3, 0.4) is 0 Å². The molecule has 10 heteroatoms. The van der Waals surface area contributed by atoms with Crippen LogP contribution in [0.1, 0.15) is 10.4 Å². The summed E-state index contributed by atoms with van der Waals surface area (Å²) in [5.41, 5.74) is 4.24. The van der Waals surface area contributed by atoms with E-state index < -0.39 is 34.1 Å². The number of rotatable bonds is 5. The van der Waals surface area contributed by atoms with Gasteiger partial charge in [-0.2, -0.15) is 0 Å². The molecule has 0 spiro atoms. The van der Waals surface area contributed by atoms with Gasteiger partial charge in [0.2, 0.25) is 0 Å². The van der Waals surface area contributed by atoms with Crippen LogP contribution in [-0.2, 0) is 14.6 Å². The molecule has 2 amide bonds. The van der Waals surface area contributed by atoms with Gasteiger partial charge in [-0.3, -0.25) is 20.4 Å². The third kappa shape index (κ3) is 5.43. The van der Waals surface area contributed by atoms with E-state index in [-0.39, 0.29) is 21.2 Å². The molecule has 0 fully saturated rings. The van der Waals surface area contributed by atoms with Crippen molar-refractivity contribution < 1.29 is 27.1 Å². The van der Waals surface area contributed by atoms with Gasteiger partial charge in [-0.05, 0) is 42.5 Å². The largest absolute Gasteiger partial charge is 0.484 e. The van der Waals surface area contributed by atoms with E-state index in [9.17, 15) is 22.4 Å². The van der Waals surface area contributed by atoms with Crippen LogP contribution < -0.4 is 15.6 Å². The predicted molar refractivity (Wildman–Crippen MR) is 92.1 cm³/mol. The minimum absolute atomic E-state index is 0.00502. The van der Waals surface area contributed by atoms with Crippen LogP contribution in [0.15, 0.2) is 47.4 Å². The third-order valence-corrected chi connectivity index (χ3v) is 4.67. The number of halogens is 2. The molecule has 0 unspecified atom stereocenters. The highest BCUT2D eigenvalue weighted by molar-refractivity contribution is 7.90. The predicted octanol–water partition coefficient (Wildman–Crippen LogP) is 1.72. The highest BCUT2D eigenvalue weighted by atomic mass is 35.5. The molecule has 0 radical (unpaired) electrons. The number of hydrazine groups is 1. The summed E-state index contributed by atoms with van der Waals surface area (Å²) in [6, 6.07) is 8.74. The van der Waals surface area contributed by atoms with Crippen molar-refractivity contribution in [3.05, 3.63) is 58.9 Å². The van der Waals surface area contributed by atoms with E-state index in [0.717, 1.165) is 12.3 Å². The van der Waals surface area contributed by atoms with Gasteiger partial charge in [-0.25, -0.2) is 12.8 Å². The first-order valence-corrected chi connectivity index (χ1v) is 9.41. The summed E-state index contributed by atoms with van der Waals surface area (Å²) in [4.78, 5) is 23.5. The first kappa shape index (κ1) is 19.7. The van der Waals surface area contributed by atoms with Crippen molar-refractivity contribution in [1.82, 2.24) is 10.9 Å². The number of carbonyl (C=O) groups is 2. The van der Waals surface area contributed by atoms with Gasteiger partial charge in [0, 0.05) is 11.8 Å². The maximum atomic E-state index is 12.8. The number of hydrogen-bond donors (Lipinski definition) is 2. The number of carbonyl (C=O) groups excluding carboxylic acids is 2. The fourth-order valence-corrected chi connectivity index (χ4v) is 3.14. The Labute approximate surface area is 154 Å². The molecule has 0 aromatic heterocycles. The summed E-state index contributed by atoms with van der Waals surface area (Å²) in [6.45, 7) is -0.416. The lowest BCUT2D eigenvalue weighted by Crippen LogP contribution is -2.43. The number of hydrogen-bond acceptors (Lipinski definition) is 5. The van der Waals surface area contributed by atoms with Gasteiger partial charge in [0.05, 0.1) is 9.92 Å². The molecule has 0 aliphatic rings. The smallest absolute Gasteiger partial charge is 0.276 e. The van der Waals surface area contributed by atoms with Gasteiger partial charge in [0.25, 0.3) is 11.8 Å². The van der Waals surface area contributed by atoms with Gasteiger partial charge in [0.15, 0.2) is 16.4 Å². The van der Waals surface area contributed by atoms with E-state index in [1.807, 2.05) is 0 Å². The lowest BCUT2D eigenvalue weighted by molar-refractivity contribution is -0.123. The van der Waals surface area contributed by atoms with Crippen molar-refractivity contribution in [3.63, 3.8) is 0 Å². The second-order valence-corrected chi connectivity index (χ2v) is 7.55. The van der Waals surface area contributed by atoms with Crippen LogP contribution in [0.2, 0.25) is 5.02 Å². The molecule has 0 saturated carbocycles. The summed E-state index contributed by atoms with van der Waals surface area (Å²) < 4.78 is 41.1. The zero-order chi connectivity index (χ0) is 19.3. The van der Waals surface area contributed by atoms with Crippen molar-refractivity contribution in [3.8, 4) is 5.75 Å². The van der Waals surface area contributed by atoms with Gasteiger partial charge in [-0.1, -0.05) is 11.6 Å². The molecule has 2 aromatic rings. The lowest BCUT2D eigenvalue weighted by Gasteiger charge is -2.10. The van der Waals surface area contributed by atoms with Gasteiger partial charge >= 0.3 is 0 Å². The van der Waals surface area contributed by atoms with Crippen LogP contribution >= 0.6 is 11.6 Å². The van der Waals surface area contributed by atoms with E-state index in [0.29, 0.717) is 0 Å². The fourth-order valence-electron chi connectivity index (χ4n) is 1.84. The van der Waals surface area contributed by atoms with Gasteiger partial charge in [0.1, 0.15) is 11.6 Å². The molecule has 0 bridgehead atoms. The molecule has 2 aromatic carbocycles. The second kappa shape index (κ2) is 8.15. The normalized spacial score (nSPS) is 10.9. The van der Waals surface area contributed by atoms with Gasteiger partial charge in [-0.15, -0.1) is 0 Å². The molecule has 0 atom stereocenters. The Morgan fingerprint density at radius 1 is 1.12 bits per heavy atom. The molecule has 0 aliphatic carbocycles. The number of nitrogens with one attached hydrogen (secondary N) is 2. The number of ether oxygens (including phenoxy) is 1. The van der Waals surface area contributed by atoms with Crippen molar-refractivity contribution in [1.29, 1.82) is 0 Å². The Kier molecular flexibility index (Phi) is 6.17. The summed E-state index contributed by atoms with van der Waals surface area (Å²) in [7, 11) is -3.61. The van der Waals surface area contributed by atoms with E-state index >= 15 is 0 Å². The first-order valence-electron chi connectivity index (χ1n) is 7.14. The maximum Gasteiger partial charge on any atom is 0.276 e. The van der Waals surface area contributed by atoms with Crippen molar-refractivity contribution in [2.45, 2.75) is 4.90 Å². The van der Waals surface area contributed by atoms with E-state index in [1.165, 1.54) is 36.4 Å². The molecule has 0 aliphatic heterocycles. The van der Waals surface area contributed by atoms with Crippen LogP contribution in [0.5, 0.6) is 5.75 Å². The summed E-state index contributed by atoms with van der Waals surface area (Å²) in [5.74, 6) is -1.56. The molecule has 7 nitrogen and oxygen atoms in total. The van der Waals surface area contributed by atoms with Crippen molar-refractivity contribution in [2.24, 2.45) is 0 Å². The molecule has 0 saturated heterocycles. The molecular weight excluding hydrogens is 387 g/mol. The van der Waals surface area contributed by atoms with E-state index in [2.05, 4.69) is 10.9 Å². The standard InChI is InChI=1S/C16H14ClFN2O5S/c1-26(23,24)14-8-10(2-7-13(14)17)16(22)20-19-15(21)9-25-12-5-3-11(18)4-6-12/h2-8H,9H2,1H3,(H,19,21)(H,20,22). The Morgan fingerprint density at radius 3 is 2.38 bits per heavy atom. The zero-order valence-corrected chi connectivity index (χ0v) is 15.0. The SMILES string of the molecule is CS(=O)(=O)c1cc(C(=O)NNC(=O)COc2ccc(F)cc2)ccc1Cl. The minimum Gasteiger partial charge on any atom is -0.484 e. The van der Waals surface area contributed by atoms with Crippen molar-refractivity contribution >= 4 is 33.3 Å². The number of amides is 2. The average molecular weight is 401 g/mol.